The van der Waals surface area contributed by atoms with E-state index in [1.54, 1.807) is 6.20 Å². The Hall–Kier alpha value is -7.96. The topological polar surface area (TPSA) is 48.1 Å². The third-order valence-electron chi connectivity index (χ3n) is 14.3. The first kappa shape index (κ1) is 42.2. The van der Waals surface area contributed by atoms with E-state index < -0.39 is 5.89 Å². The predicted molar refractivity (Wildman–Crippen MR) is 294 cm³/mol. The van der Waals surface area contributed by atoms with Gasteiger partial charge in [-0.3, -0.25) is 9.55 Å². The maximum atomic E-state index is 9.27. The summed E-state index contributed by atoms with van der Waals surface area (Å²) in [4.78, 5) is 12.1. The number of hydrogen-bond donors (Lipinski definition) is 0. The van der Waals surface area contributed by atoms with Gasteiger partial charge >= 0.3 is 0 Å². The third kappa shape index (κ3) is 7.24. The van der Waals surface area contributed by atoms with Crippen LogP contribution in [0.15, 0.2) is 182 Å². The minimum absolute atomic E-state index is 0.0315. The number of benzene rings is 7. The summed E-state index contributed by atoms with van der Waals surface area (Å²) in [5.74, 6) is 1.43. The van der Waals surface area contributed by atoms with Crippen molar-refractivity contribution in [1.29, 1.82) is 0 Å². The lowest BCUT2D eigenvalue weighted by Crippen LogP contribution is -2.15. The van der Waals surface area contributed by atoms with Crippen molar-refractivity contribution in [2.75, 3.05) is 4.90 Å². The molecule has 11 aromatic rings. The van der Waals surface area contributed by atoms with Gasteiger partial charge in [0.1, 0.15) is 24.0 Å². The van der Waals surface area contributed by atoms with E-state index in [0.29, 0.717) is 18.2 Å². The zero-order chi connectivity index (χ0) is 49.0. The quantitative estimate of drug-likeness (QED) is 0.167. The number of pyridine rings is 2. The molecule has 1 aliphatic heterocycles. The lowest BCUT2D eigenvalue weighted by molar-refractivity contribution is 0.481. The molecule has 0 amide bonds. The molecule has 0 atom stereocenters. The van der Waals surface area contributed by atoms with Crippen molar-refractivity contribution in [3.63, 3.8) is 0 Å². The van der Waals surface area contributed by atoms with Crippen LogP contribution in [0, 0.1) is 0 Å². The maximum absolute atomic E-state index is 9.27. The molecular weight excluding hydrogens is 855 g/mol. The largest absolute Gasteiger partial charge is 0.456 e. The molecule has 0 bridgehead atoms. The van der Waals surface area contributed by atoms with Crippen molar-refractivity contribution in [2.24, 2.45) is 0 Å². The second-order valence-electron chi connectivity index (χ2n) is 21.2. The molecule has 0 unspecified atom stereocenters. The van der Waals surface area contributed by atoms with E-state index in [1.165, 1.54) is 32.7 Å². The Kier molecular flexibility index (Phi) is 9.84. The average molecular weight is 913 g/mol. The van der Waals surface area contributed by atoms with Gasteiger partial charge in [0.2, 0.25) is 0 Å². The van der Waals surface area contributed by atoms with Crippen LogP contribution in [0.3, 0.4) is 0 Å². The van der Waals surface area contributed by atoms with E-state index in [1.807, 2.05) is 26.2 Å². The number of nitrogens with zero attached hydrogens (tertiary/aromatic N) is 5. The van der Waals surface area contributed by atoms with E-state index in [-0.39, 0.29) is 10.8 Å². The number of ether oxygens (including phenoxy) is 1. The first-order valence-electron chi connectivity index (χ1n) is 24.9. The van der Waals surface area contributed by atoms with Gasteiger partial charge in [-0.1, -0.05) is 171 Å². The van der Waals surface area contributed by atoms with Gasteiger partial charge in [0, 0.05) is 46.8 Å². The molecule has 70 heavy (non-hydrogen) atoms. The number of aromatic nitrogens is 4. The van der Waals surface area contributed by atoms with Gasteiger partial charge in [-0.15, -0.1) is 0 Å². The third-order valence-corrected chi connectivity index (χ3v) is 14.3. The van der Waals surface area contributed by atoms with Crippen LogP contribution in [-0.2, 0) is 17.5 Å². The standard InChI is InChI=1S/C64H57N5O/c1-40(2)41-31-42(33-44(32-41)64(6,7)8)48-22-15-23-55-51-19-11-9-17-49(51)50-18-10-12-20-52(50)56-24-16-26-58-62(56)68(61(48)55)39-67(58)45-35-47(38-65-37-45)70-46-27-28-54-53-21-13-14-25-57(53)69(59(54)36-46)60-34-43(29-30-66-60)63(3,4)5/h9-38,40H,39H2,1-8H3/i40D. The summed E-state index contributed by atoms with van der Waals surface area (Å²) >= 11 is 0. The van der Waals surface area contributed by atoms with Gasteiger partial charge in [-0.05, 0) is 96.9 Å². The van der Waals surface area contributed by atoms with Crippen molar-refractivity contribution in [3.8, 4) is 28.4 Å². The summed E-state index contributed by atoms with van der Waals surface area (Å²) in [6, 6.07) is 59.2. The van der Waals surface area contributed by atoms with E-state index in [2.05, 4.69) is 219 Å². The summed E-state index contributed by atoms with van der Waals surface area (Å²) in [7, 11) is 0. The molecule has 0 radical (unpaired) electrons. The second kappa shape index (κ2) is 16.3. The summed E-state index contributed by atoms with van der Waals surface area (Å²) in [5.41, 5.74) is 11.8. The highest BCUT2D eigenvalue weighted by Crippen LogP contribution is 2.46. The van der Waals surface area contributed by atoms with E-state index in [4.69, 9.17) is 14.7 Å². The van der Waals surface area contributed by atoms with Crippen LogP contribution >= 0.6 is 0 Å². The second-order valence-corrected chi connectivity index (χ2v) is 21.2. The molecule has 0 saturated heterocycles. The molecule has 0 spiro atoms. The Balaban J connectivity index is 1.06. The molecule has 0 saturated carbocycles. The number of para-hydroxylation sites is 3. The first-order chi connectivity index (χ1) is 34.1. The van der Waals surface area contributed by atoms with Gasteiger partial charge in [0.05, 0.1) is 45.8 Å². The average Bonchev–Trinajstić information content (AvgIpc) is 3.92. The molecule has 4 aromatic heterocycles. The van der Waals surface area contributed by atoms with Crippen molar-refractivity contribution in [2.45, 2.75) is 78.8 Å². The lowest BCUT2D eigenvalue weighted by atomic mass is 9.82. The van der Waals surface area contributed by atoms with Gasteiger partial charge in [0.15, 0.2) is 0 Å². The van der Waals surface area contributed by atoms with E-state index >= 15 is 0 Å². The van der Waals surface area contributed by atoms with Crippen molar-refractivity contribution >= 4 is 76.5 Å². The highest BCUT2D eigenvalue weighted by Gasteiger charge is 2.27. The molecule has 0 fully saturated rings. The van der Waals surface area contributed by atoms with E-state index in [0.717, 1.165) is 77.5 Å². The van der Waals surface area contributed by atoms with Gasteiger partial charge in [0.25, 0.3) is 0 Å². The lowest BCUT2D eigenvalue weighted by Gasteiger charge is -2.23. The van der Waals surface area contributed by atoms with Crippen molar-refractivity contribution in [1.82, 2.24) is 19.1 Å². The number of fused-ring (bicyclic) bond motifs is 10. The Bertz CT molecular complexity index is 4000. The number of hydrogen-bond acceptors (Lipinski definition) is 4. The highest BCUT2D eigenvalue weighted by molar-refractivity contribution is 6.22. The molecule has 6 heteroatoms. The van der Waals surface area contributed by atoms with Gasteiger partial charge in [-0.25, -0.2) is 4.98 Å². The van der Waals surface area contributed by atoms with Crippen LogP contribution < -0.4 is 9.64 Å². The van der Waals surface area contributed by atoms with Crippen molar-refractivity contribution < 1.29 is 6.11 Å². The van der Waals surface area contributed by atoms with Crippen LogP contribution in [0.25, 0.3) is 82.1 Å². The summed E-state index contributed by atoms with van der Waals surface area (Å²) in [6.45, 7) is 18.0. The van der Waals surface area contributed by atoms with Crippen molar-refractivity contribution in [3.05, 3.63) is 199 Å². The fourth-order valence-corrected chi connectivity index (χ4v) is 10.7. The summed E-state index contributed by atoms with van der Waals surface area (Å²) in [5, 5.41) is 9.32. The fourth-order valence-electron chi connectivity index (χ4n) is 10.7. The zero-order valence-electron chi connectivity index (χ0n) is 42.2. The Morgan fingerprint density at radius 1 is 0.543 bits per heavy atom. The smallest absolute Gasteiger partial charge is 0.147 e. The highest BCUT2D eigenvalue weighted by atomic mass is 16.5. The summed E-state index contributed by atoms with van der Waals surface area (Å²) in [6.07, 6.45) is 5.66. The van der Waals surface area contributed by atoms with Crippen LogP contribution in [-0.4, -0.2) is 19.1 Å². The minimum Gasteiger partial charge on any atom is -0.456 e. The van der Waals surface area contributed by atoms with Gasteiger partial charge in [-0.2, -0.15) is 0 Å². The van der Waals surface area contributed by atoms with Crippen LogP contribution in [0.4, 0.5) is 11.4 Å². The van der Waals surface area contributed by atoms with Crippen LogP contribution in [0.5, 0.6) is 11.5 Å². The van der Waals surface area contributed by atoms with Crippen LogP contribution in [0.2, 0.25) is 0 Å². The van der Waals surface area contributed by atoms with E-state index in [9.17, 15) is 1.37 Å². The SMILES string of the molecule is [2H]C(C)(C)c1cc(-c2cccc3c4ccccc4c4ccccc4c4cccc5c4n(c23)CN5c2cncc(Oc3ccc4c5ccccc5n(-c5cc(C(C)(C)C)ccn5)c4c3)c2)cc(C(C)(C)C)c1. The molecular formula is C64H57N5O. The zero-order valence-corrected chi connectivity index (χ0v) is 41.2. The normalized spacial score (nSPS) is 13.3. The van der Waals surface area contributed by atoms with Gasteiger partial charge < -0.3 is 14.2 Å². The molecule has 0 aliphatic carbocycles. The molecule has 344 valence electrons. The molecule has 7 aromatic carbocycles. The molecule has 0 N–H and O–H groups in total. The molecule has 6 nitrogen and oxygen atoms in total. The Morgan fingerprint density at radius 2 is 1.17 bits per heavy atom. The Morgan fingerprint density at radius 3 is 1.87 bits per heavy atom. The molecule has 12 rings (SSSR count). The van der Waals surface area contributed by atoms with Crippen LogP contribution in [0.1, 0.15) is 79.3 Å². The first-order valence-corrected chi connectivity index (χ1v) is 24.4. The monoisotopic (exact) mass is 912 g/mol. The molecule has 5 heterocycles. The maximum Gasteiger partial charge on any atom is 0.147 e. The molecule has 1 aliphatic rings. The Labute approximate surface area is 411 Å². The number of anilines is 2. The summed E-state index contributed by atoms with van der Waals surface area (Å²) < 4.78 is 20.9. The number of rotatable bonds is 6. The fraction of sp³-hybridized carbons (Fsp3) is 0.188. The minimum atomic E-state index is -0.797. The predicted octanol–water partition coefficient (Wildman–Crippen LogP) is 17.4.